The van der Waals surface area contributed by atoms with Crippen LogP contribution in [0.1, 0.15) is 24.4 Å². The molecule has 1 atom stereocenters. The summed E-state index contributed by atoms with van der Waals surface area (Å²) < 4.78 is 15.8. The lowest BCUT2D eigenvalue weighted by Crippen LogP contribution is -2.26. The van der Waals surface area contributed by atoms with Crippen molar-refractivity contribution in [2.45, 2.75) is 19.4 Å². The highest BCUT2D eigenvalue weighted by molar-refractivity contribution is 6.31. The number of nitrogens with zero attached hydrogens (tertiary/aromatic N) is 2. The smallest absolute Gasteiger partial charge is 0.127 e. The number of nitrogens with one attached hydrogen (secondary N) is 1. The highest BCUT2D eigenvalue weighted by Gasteiger charge is 2.19. The Kier molecular flexibility index (Phi) is 4.56. The first kappa shape index (κ1) is 14.0. The van der Waals surface area contributed by atoms with E-state index in [0.29, 0.717) is 17.0 Å². The summed E-state index contributed by atoms with van der Waals surface area (Å²) >= 11 is 6.08. The second kappa shape index (κ2) is 6.17. The zero-order chi connectivity index (χ0) is 13.8. The predicted octanol–water partition coefficient (Wildman–Crippen LogP) is 3.11. The van der Waals surface area contributed by atoms with E-state index < -0.39 is 0 Å². The Balaban J connectivity index is 2.29. The fraction of sp³-hybridized carbons (Fsp3) is 0.357. The van der Waals surface area contributed by atoms with Crippen LogP contribution in [0.5, 0.6) is 0 Å². The van der Waals surface area contributed by atoms with Crippen LogP contribution >= 0.6 is 11.6 Å². The summed E-state index contributed by atoms with van der Waals surface area (Å²) in [7, 11) is 1.93. The molecule has 2 aromatic rings. The molecule has 1 N–H and O–H groups in total. The van der Waals surface area contributed by atoms with E-state index in [4.69, 9.17) is 11.6 Å². The molecule has 102 valence electrons. The maximum Gasteiger partial charge on any atom is 0.127 e. The van der Waals surface area contributed by atoms with Gasteiger partial charge in [-0.25, -0.2) is 9.37 Å². The number of likely N-dealkylation sites (N-methyl/N-ethyl adjacent to an activating group) is 1. The third-order valence-corrected chi connectivity index (χ3v) is 3.44. The SMILES string of the molecule is CCNC(Cc1c(F)cccc1Cl)c1nccn1C. The van der Waals surface area contributed by atoms with E-state index >= 15 is 0 Å². The molecule has 0 saturated heterocycles. The summed E-state index contributed by atoms with van der Waals surface area (Å²) in [6.07, 6.45) is 4.09. The molecule has 0 bridgehead atoms. The minimum Gasteiger partial charge on any atom is -0.337 e. The summed E-state index contributed by atoms with van der Waals surface area (Å²) in [5.74, 6) is 0.603. The number of imidazole rings is 1. The van der Waals surface area contributed by atoms with Crippen molar-refractivity contribution in [3.8, 4) is 0 Å². The van der Waals surface area contributed by atoms with Crippen molar-refractivity contribution < 1.29 is 4.39 Å². The standard InChI is InChI=1S/C14H17ClFN3/c1-3-17-13(14-18-7-8-19(14)2)9-10-11(15)5-4-6-12(10)16/h4-8,13,17H,3,9H2,1-2H3. The molecule has 0 fully saturated rings. The van der Waals surface area contributed by atoms with Crippen LogP contribution in [0.3, 0.4) is 0 Å². The van der Waals surface area contributed by atoms with Gasteiger partial charge >= 0.3 is 0 Å². The van der Waals surface area contributed by atoms with E-state index in [0.717, 1.165) is 12.4 Å². The first-order valence-corrected chi connectivity index (χ1v) is 6.64. The minimum atomic E-state index is -0.274. The van der Waals surface area contributed by atoms with Gasteiger partial charge in [0.1, 0.15) is 11.6 Å². The predicted molar refractivity (Wildman–Crippen MR) is 74.7 cm³/mol. The number of benzene rings is 1. The highest BCUT2D eigenvalue weighted by Crippen LogP contribution is 2.25. The van der Waals surface area contributed by atoms with E-state index in [1.54, 1.807) is 18.3 Å². The quantitative estimate of drug-likeness (QED) is 0.913. The van der Waals surface area contributed by atoms with Gasteiger partial charge < -0.3 is 9.88 Å². The molecule has 1 aromatic carbocycles. The summed E-state index contributed by atoms with van der Waals surface area (Å²) in [5, 5.41) is 3.78. The average Bonchev–Trinajstić information content (AvgIpc) is 2.79. The van der Waals surface area contributed by atoms with Gasteiger partial charge in [0, 0.05) is 30.0 Å². The largest absolute Gasteiger partial charge is 0.337 e. The molecule has 1 aromatic heterocycles. The molecule has 5 heteroatoms. The summed E-state index contributed by atoms with van der Waals surface area (Å²) in [5.41, 5.74) is 0.526. The normalized spacial score (nSPS) is 12.6. The first-order valence-electron chi connectivity index (χ1n) is 6.27. The molecule has 0 aliphatic rings. The molecule has 2 rings (SSSR count). The number of aryl methyl sites for hydroxylation is 1. The van der Waals surface area contributed by atoms with E-state index in [1.165, 1.54) is 6.07 Å². The lowest BCUT2D eigenvalue weighted by molar-refractivity contribution is 0.493. The summed E-state index contributed by atoms with van der Waals surface area (Å²) in [6.45, 7) is 2.79. The fourth-order valence-corrected chi connectivity index (χ4v) is 2.39. The molecule has 0 aliphatic carbocycles. The van der Waals surface area contributed by atoms with Gasteiger partial charge in [-0.15, -0.1) is 0 Å². The van der Waals surface area contributed by atoms with E-state index in [2.05, 4.69) is 10.3 Å². The van der Waals surface area contributed by atoms with E-state index in [9.17, 15) is 4.39 Å². The summed E-state index contributed by atoms with van der Waals surface area (Å²) in [4.78, 5) is 4.33. The molecular weight excluding hydrogens is 265 g/mol. The Morgan fingerprint density at radius 3 is 2.84 bits per heavy atom. The van der Waals surface area contributed by atoms with Crippen LogP contribution in [0, 0.1) is 5.82 Å². The minimum absolute atomic E-state index is 0.0561. The van der Waals surface area contributed by atoms with Gasteiger partial charge in [-0.05, 0) is 25.1 Å². The molecule has 0 amide bonds. The van der Waals surface area contributed by atoms with Crippen LogP contribution in [0.4, 0.5) is 4.39 Å². The second-order valence-electron chi connectivity index (χ2n) is 4.41. The number of hydrogen-bond acceptors (Lipinski definition) is 2. The molecular formula is C14H17ClFN3. The van der Waals surface area contributed by atoms with Crippen molar-refractivity contribution in [2.75, 3.05) is 6.54 Å². The molecule has 3 nitrogen and oxygen atoms in total. The molecule has 0 spiro atoms. The zero-order valence-corrected chi connectivity index (χ0v) is 11.8. The van der Waals surface area contributed by atoms with Crippen molar-refractivity contribution in [2.24, 2.45) is 7.05 Å². The van der Waals surface area contributed by atoms with Crippen molar-refractivity contribution in [3.63, 3.8) is 0 Å². The molecule has 1 heterocycles. The van der Waals surface area contributed by atoms with Gasteiger partial charge in [0.05, 0.1) is 6.04 Å². The topological polar surface area (TPSA) is 29.9 Å². The Hall–Kier alpha value is -1.39. The molecule has 0 radical (unpaired) electrons. The van der Waals surface area contributed by atoms with Crippen molar-refractivity contribution in [1.82, 2.24) is 14.9 Å². The third-order valence-electron chi connectivity index (χ3n) is 3.09. The van der Waals surface area contributed by atoms with Gasteiger partial charge in [-0.1, -0.05) is 24.6 Å². The highest BCUT2D eigenvalue weighted by atomic mass is 35.5. The molecule has 0 aliphatic heterocycles. The van der Waals surface area contributed by atoms with Crippen LogP contribution in [0.15, 0.2) is 30.6 Å². The maximum absolute atomic E-state index is 13.9. The average molecular weight is 282 g/mol. The van der Waals surface area contributed by atoms with E-state index in [1.807, 2.05) is 24.7 Å². The number of aromatic nitrogens is 2. The monoisotopic (exact) mass is 281 g/mol. The lowest BCUT2D eigenvalue weighted by atomic mass is 10.0. The molecule has 1 unspecified atom stereocenters. The van der Waals surface area contributed by atoms with Gasteiger partial charge in [0.25, 0.3) is 0 Å². The zero-order valence-electron chi connectivity index (χ0n) is 11.0. The lowest BCUT2D eigenvalue weighted by Gasteiger charge is -2.18. The first-order chi connectivity index (χ1) is 9.13. The Morgan fingerprint density at radius 2 is 2.26 bits per heavy atom. The Morgan fingerprint density at radius 1 is 1.47 bits per heavy atom. The van der Waals surface area contributed by atoms with E-state index in [-0.39, 0.29) is 11.9 Å². The Labute approximate surface area is 117 Å². The van der Waals surface area contributed by atoms with Gasteiger partial charge in [0.15, 0.2) is 0 Å². The fourth-order valence-electron chi connectivity index (χ4n) is 2.15. The summed E-state index contributed by atoms with van der Waals surface area (Å²) in [6, 6.07) is 4.70. The van der Waals surface area contributed by atoms with Gasteiger partial charge in [-0.3, -0.25) is 0 Å². The van der Waals surface area contributed by atoms with Crippen LogP contribution in [0.2, 0.25) is 5.02 Å². The van der Waals surface area contributed by atoms with Gasteiger partial charge in [0.2, 0.25) is 0 Å². The van der Waals surface area contributed by atoms with Crippen molar-refractivity contribution in [3.05, 3.63) is 52.8 Å². The molecule has 19 heavy (non-hydrogen) atoms. The van der Waals surface area contributed by atoms with Crippen LogP contribution in [0.25, 0.3) is 0 Å². The maximum atomic E-state index is 13.9. The number of rotatable bonds is 5. The number of halogens is 2. The van der Waals surface area contributed by atoms with Crippen LogP contribution in [-0.4, -0.2) is 16.1 Å². The Bertz CT molecular complexity index is 533. The molecule has 0 saturated carbocycles. The van der Waals surface area contributed by atoms with Crippen molar-refractivity contribution in [1.29, 1.82) is 0 Å². The third kappa shape index (κ3) is 3.14. The number of hydrogen-bond donors (Lipinski definition) is 1. The van der Waals surface area contributed by atoms with Crippen LogP contribution in [-0.2, 0) is 13.5 Å². The second-order valence-corrected chi connectivity index (χ2v) is 4.82. The van der Waals surface area contributed by atoms with Crippen LogP contribution < -0.4 is 5.32 Å². The van der Waals surface area contributed by atoms with Crippen molar-refractivity contribution >= 4 is 11.6 Å². The van der Waals surface area contributed by atoms with Gasteiger partial charge in [-0.2, -0.15) is 0 Å².